The molecule has 1 N–H and O–H groups in total. The van der Waals surface area contributed by atoms with E-state index in [4.69, 9.17) is 18.0 Å². The van der Waals surface area contributed by atoms with Gasteiger partial charge in [-0.25, -0.2) is 0 Å². The Hall–Kier alpha value is -2.22. The highest BCUT2D eigenvalue weighted by molar-refractivity contribution is 6.31. The Morgan fingerprint density at radius 1 is 1.35 bits per heavy atom. The van der Waals surface area contributed by atoms with E-state index in [1.165, 1.54) is 6.07 Å². The van der Waals surface area contributed by atoms with E-state index in [9.17, 15) is 9.90 Å². The summed E-state index contributed by atoms with van der Waals surface area (Å²) in [6, 6.07) is 9.03. The van der Waals surface area contributed by atoms with Crippen molar-refractivity contribution >= 4 is 11.6 Å². The average Bonchev–Trinajstić information content (AvgIpc) is 2.54. The van der Waals surface area contributed by atoms with E-state index in [0.717, 1.165) is 5.56 Å². The van der Waals surface area contributed by atoms with Gasteiger partial charge in [-0.1, -0.05) is 35.7 Å². The number of nitrogens with zero attached hydrogens (tertiary/aromatic N) is 2. The lowest BCUT2D eigenvalue weighted by molar-refractivity contribution is 0.283. The zero-order valence-corrected chi connectivity index (χ0v) is 13.8. The van der Waals surface area contributed by atoms with E-state index in [-0.39, 0.29) is 11.2 Å². The second kappa shape index (κ2) is 7.87. The van der Waals surface area contributed by atoms with Crippen molar-refractivity contribution in [2.45, 2.75) is 20.0 Å². The molecule has 0 amide bonds. The molecule has 1 aromatic carbocycles. The van der Waals surface area contributed by atoms with Crippen LogP contribution >= 0.6 is 11.6 Å². The highest BCUT2D eigenvalue weighted by atomic mass is 35.5. The highest BCUT2D eigenvalue weighted by Gasteiger charge is 2.10. The molecule has 0 aliphatic carbocycles. The van der Waals surface area contributed by atoms with Gasteiger partial charge >= 0.3 is 0 Å². The summed E-state index contributed by atoms with van der Waals surface area (Å²) in [7, 11) is 0. The van der Waals surface area contributed by atoms with Crippen molar-refractivity contribution in [2.24, 2.45) is 0 Å². The van der Waals surface area contributed by atoms with Crippen LogP contribution in [0.3, 0.4) is 0 Å². The summed E-state index contributed by atoms with van der Waals surface area (Å²) in [5.41, 5.74) is 1.20. The monoisotopic (exact) mass is 330 g/mol. The molecule has 4 nitrogen and oxygen atoms in total. The highest BCUT2D eigenvalue weighted by Crippen LogP contribution is 2.17. The normalized spacial score (nSPS) is 10.7. The molecule has 1 aromatic heterocycles. The molecule has 0 saturated carbocycles. The van der Waals surface area contributed by atoms with Crippen LogP contribution in [0.2, 0.25) is 5.02 Å². The molecule has 2 aromatic rings. The largest absolute Gasteiger partial charge is 0.503 e. The lowest BCUT2D eigenvalue weighted by Gasteiger charge is -2.22. The Morgan fingerprint density at radius 3 is 2.78 bits per heavy atom. The minimum atomic E-state index is -0.365. The molecule has 0 fully saturated rings. The van der Waals surface area contributed by atoms with E-state index >= 15 is 0 Å². The van der Waals surface area contributed by atoms with E-state index in [2.05, 4.69) is 10.8 Å². The number of rotatable bonds is 6. The second-order valence-corrected chi connectivity index (χ2v) is 5.72. The first-order chi connectivity index (χ1) is 11.0. The maximum absolute atomic E-state index is 11.4. The van der Waals surface area contributed by atoms with Gasteiger partial charge < -0.3 is 9.67 Å². The summed E-state index contributed by atoms with van der Waals surface area (Å²) in [4.78, 5) is 13.5. The molecule has 120 valence electrons. The maximum atomic E-state index is 11.4. The van der Waals surface area contributed by atoms with Gasteiger partial charge in [-0.3, -0.25) is 9.69 Å². The van der Waals surface area contributed by atoms with Crippen molar-refractivity contribution in [3.05, 3.63) is 63.0 Å². The van der Waals surface area contributed by atoms with Crippen LogP contribution in [-0.2, 0) is 13.1 Å². The summed E-state index contributed by atoms with van der Waals surface area (Å²) in [5.74, 6) is 2.45. The zero-order chi connectivity index (χ0) is 16.8. The Labute approximate surface area is 140 Å². The van der Waals surface area contributed by atoms with Gasteiger partial charge in [0.1, 0.15) is 0 Å². The first kappa shape index (κ1) is 17.1. The van der Waals surface area contributed by atoms with Crippen LogP contribution in [0, 0.1) is 19.3 Å². The zero-order valence-electron chi connectivity index (χ0n) is 13.0. The van der Waals surface area contributed by atoms with Gasteiger partial charge in [-0.15, -0.1) is 6.42 Å². The van der Waals surface area contributed by atoms with Crippen LogP contribution < -0.4 is 5.43 Å². The summed E-state index contributed by atoms with van der Waals surface area (Å²) in [6.07, 6.45) is 7.13. The van der Waals surface area contributed by atoms with Crippen LogP contribution in [-0.4, -0.2) is 27.7 Å². The topological polar surface area (TPSA) is 45.5 Å². The molecule has 0 aliphatic heterocycles. The summed E-state index contributed by atoms with van der Waals surface area (Å²) >= 11 is 6.20. The van der Waals surface area contributed by atoms with Gasteiger partial charge in [0.25, 0.3) is 0 Å². The fourth-order valence-electron chi connectivity index (χ4n) is 2.36. The van der Waals surface area contributed by atoms with Crippen LogP contribution in [0.15, 0.2) is 41.3 Å². The van der Waals surface area contributed by atoms with Crippen molar-refractivity contribution in [1.29, 1.82) is 0 Å². The SMILES string of the molecule is C#CCN(CCn1ccc(=O)c(O)c1C)Cc1ccccc1Cl. The van der Waals surface area contributed by atoms with Gasteiger partial charge in [-0.2, -0.15) is 0 Å². The Morgan fingerprint density at radius 2 is 2.09 bits per heavy atom. The molecule has 0 saturated heterocycles. The number of aromatic nitrogens is 1. The number of halogens is 1. The molecule has 0 bridgehead atoms. The number of terminal acetylenes is 1. The predicted octanol–water partition coefficient (Wildman–Crippen LogP) is 2.65. The van der Waals surface area contributed by atoms with Crippen molar-refractivity contribution in [3.63, 3.8) is 0 Å². The summed E-state index contributed by atoms with van der Waals surface area (Å²) in [5, 5.41) is 10.4. The molecule has 5 heteroatoms. The van der Waals surface area contributed by atoms with Crippen LogP contribution in [0.5, 0.6) is 5.75 Å². The Kier molecular flexibility index (Phi) is 5.86. The standard InChI is InChI=1S/C18H19ClN2O2/c1-3-9-20(13-15-6-4-5-7-16(15)19)11-12-21-10-8-17(22)18(23)14(21)2/h1,4-8,10,23H,9,11-13H2,2H3. The van der Waals surface area contributed by atoms with Crippen molar-refractivity contribution in [2.75, 3.05) is 13.1 Å². The van der Waals surface area contributed by atoms with Gasteiger partial charge in [0.15, 0.2) is 5.75 Å². The molecule has 0 atom stereocenters. The number of aromatic hydroxyl groups is 1. The van der Waals surface area contributed by atoms with E-state index in [1.807, 2.05) is 28.8 Å². The van der Waals surface area contributed by atoms with Crippen molar-refractivity contribution in [3.8, 4) is 18.1 Å². The molecule has 1 heterocycles. The molecule has 23 heavy (non-hydrogen) atoms. The molecule has 0 unspecified atom stereocenters. The molecule has 0 radical (unpaired) electrons. The van der Waals surface area contributed by atoms with Gasteiger partial charge in [0.05, 0.1) is 12.2 Å². The lowest BCUT2D eigenvalue weighted by Crippen LogP contribution is -2.28. The van der Waals surface area contributed by atoms with Crippen LogP contribution in [0.1, 0.15) is 11.3 Å². The first-order valence-corrected chi connectivity index (χ1v) is 7.69. The van der Waals surface area contributed by atoms with E-state index in [1.54, 1.807) is 13.1 Å². The fraction of sp³-hybridized carbons (Fsp3) is 0.278. The van der Waals surface area contributed by atoms with Crippen LogP contribution in [0.4, 0.5) is 0 Å². The average molecular weight is 331 g/mol. The lowest BCUT2D eigenvalue weighted by atomic mass is 10.2. The third-order valence-corrected chi connectivity index (χ3v) is 4.11. The number of hydrogen-bond acceptors (Lipinski definition) is 3. The van der Waals surface area contributed by atoms with Gasteiger partial charge in [0, 0.05) is 36.9 Å². The third-order valence-electron chi connectivity index (χ3n) is 3.74. The molecular formula is C18H19ClN2O2. The van der Waals surface area contributed by atoms with Gasteiger partial charge in [-0.05, 0) is 18.6 Å². The number of hydrogen-bond donors (Lipinski definition) is 1. The Bertz CT molecular complexity index is 777. The van der Waals surface area contributed by atoms with Crippen molar-refractivity contribution < 1.29 is 5.11 Å². The van der Waals surface area contributed by atoms with Crippen molar-refractivity contribution in [1.82, 2.24) is 9.47 Å². The first-order valence-electron chi connectivity index (χ1n) is 7.31. The summed E-state index contributed by atoms with van der Waals surface area (Å²) in [6.45, 7) is 4.16. The second-order valence-electron chi connectivity index (χ2n) is 5.31. The minimum absolute atomic E-state index is 0.206. The van der Waals surface area contributed by atoms with E-state index in [0.29, 0.717) is 36.9 Å². The minimum Gasteiger partial charge on any atom is -0.503 e. The van der Waals surface area contributed by atoms with Gasteiger partial charge in [0.2, 0.25) is 5.43 Å². The van der Waals surface area contributed by atoms with Crippen LogP contribution in [0.25, 0.3) is 0 Å². The summed E-state index contributed by atoms with van der Waals surface area (Å²) < 4.78 is 1.84. The maximum Gasteiger partial charge on any atom is 0.223 e. The van der Waals surface area contributed by atoms with E-state index < -0.39 is 0 Å². The quantitative estimate of drug-likeness (QED) is 0.828. The number of benzene rings is 1. The fourth-order valence-corrected chi connectivity index (χ4v) is 2.56. The number of pyridine rings is 1. The third kappa shape index (κ3) is 4.38. The molecular weight excluding hydrogens is 312 g/mol. The Balaban J connectivity index is 2.09. The smallest absolute Gasteiger partial charge is 0.223 e. The molecule has 0 spiro atoms. The molecule has 2 rings (SSSR count). The molecule has 0 aliphatic rings. The predicted molar refractivity (Wildman–Crippen MR) is 92.7 cm³/mol.